The quantitative estimate of drug-likeness (QED) is 0.716. The second-order valence-corrected chi connectivity index (χ2v) is 6.61. The van der Waals surface area contributed by atoms with Crippen LogP contribution < -0.4 is 9.64 Å². The molecule has 0 spiro atoms. The van der Waals surface area contributed by atoms with Gasteiger partial charge in [0.1, 0.15) is 11.6 Å². The lowest BCUT2D eigenvalue weighted by Gasteiger charge is -2.18. The molecular weight excluding hydrogens is 344 g/mol. The number of nitrogens with one attached hydrogen (secondary N) is 1. The Morgan fingerprint density at radius 3 is 2.67 bits per heavy atom. The van der Waals surface area contributed by atoms with Crippen LogP contribution in [0.25, 0.3) is 11.0 Å². The van der Waals surface area contributed by atoms with E-state index in [1.54, 1.807) is 25.3 Å². The summed E-state index contributed by atoms with van der Waals surface area (Å²) in [7, 11) is 7.14. The lowest BCUT2D eigenvalue weighted by Crippen LogP contribution is -2.30. The Morgan fingerprint density at radius 2 is 2.00 bits per heavy atom. The highest BCUT2D eigenvalue weighted by Gasteiger charge is 2.17. The molecule has 1 aromatic carbocycles. The van der Waals surface area contributed by atoms with Crippen LogP contribution in [0.2, 0.25) is 0 Å². The number of nitrogens with zero attached hydrogens (tertiary/aromatic N) is 5. The van der Waals surface area contributed by atoms with Crippen LogP contribution in [0.4, 0.5) is 5.95 Å². The smallest absolute Gasteiger partial charge is 0.257 e. The molecule has 8 heteroatoms. The third-order valence-electron chi connectivity index (χ3n) is 4.37. The number of amides is 1. The molecule has 0 saturated heterocycles. The monoisotopic (exact) mass is 368 g/mol. The van der Waals surface area contributed by atoms with Gasteiger partial charge < -0.3 is 19.5 Å². The molecular formula is C19H24N6O2. The summed E-state index contributed by atoms with van der Waals surface area (Å²) in [6, 6.07) is 5.70. The van der Waals surface area contributed by atoms with Crippen molar-refractivity contribution < 1.29 is 9.53 Å². The number of ether oxygens (including phenoxy) is 1. The van der Waals surface area contributed by atoms with E-state index in [1.807, 2.05) is 44.1 Å². The molecule has 142 valence electrons. The maximum atomic E-state index is 12.7. The van der Waals surface area contributed by atoms with Gasteiger partial charge in [-0.15, -0.1) is 0 Å². The summed E-state index contributed by atoms with van der Waals surface area (Å²) in [5.74, 6) is 2.09. The predicted octanol–water partition coefficient (Wildman–Crippen LogP) is 2.05. The van der Waals surface area contributed by atoms with Gasteiger partial charge in [-0.25, -0.2) is 15.0 Å². The predicted molar refractivity (Wildman–Crippen MR) is 104 cm³/mol. The largest absolute Gasteiger partial charge is 0.497 e. The Bertz CT molecular complexity index is 966. The minimum absolute atomic E-state index is 0.101. The highest BCUT2D eigenvalue weighted by Crippen LogP contribution is 2.19. The summed E-state index contributed by atoms with van der Waals surface area (Å²) >= 11 is 0. The number of H-pyrrole nitrogens is 1. The van der Waals surface area contributed by atoms with E-state index in [0.717, 1.165) is 22.6 Å². The topological polar surface area (TPSA) is 87.2 Å². The van der Waals surface area contributed by atoms with E-state index in [9.17, 15) is 4.79 Å². The number of likely N-dealkylation sites (N-methyl/N-ethyl adjacent to an activating group) is 1. The van der Waals surface area contributed by atoms with Crippen LogP contribution in [0.1, 0.15) is 21.9 Å². The molecule has 0 saturated carbocycles. The molecule has 1 amide bonds. The van der Waals surface area contributed by atoms with Crippen molar-refractivity contribution in [3.63, 3.8) is 0 Å². The molecule has 0 bridgehead atoms. The van der Waals surface area contributed by atoms with Crippen molar-refractivity contribution in [3.05, 3.63) is 41.5 Å². The van der Waals surface area contributed by atoms with E-state index in [2.05, 4.69) is 19.9 Å². The summed E-state index contributed by atoms with van der Waals surface area (Å²) in [5.41, 5.74) is 2.98. The van der Waals surface area contributed by atoms with E-state index in [1.165, 1.54) is 0 Å². The van der Waals surface area contributed by atoms with Crippen LogP contribution in [-0.4, -0.2) is 65.5 Å². The number of carbonyl (C=O) groups is 1. The number of aromatic nitrogens is 4. The number of benzene rings is 1. The molecule has 3 rings (SSSR count). The summed E-state index contributed by atoms with van der Waals surface area (Å²) < 4.78 is 5.23. The van der Waals surface area contributed by atoms with Crippen molar-refractivity contribution >= 4 is 22.9 Å². The first-order valence-corrected chi connectivity index (χ1v) is 8.68. The molecule has 1 N–H and O–H groups in total. The molecule has 0 aliphatic heterocycles. The van der Waals surface area contributed by atoms with Gasteiger partial charge in [0.05, 0.1) is 29.4 Å². The number of methoxy groups -OCH3 is 1. The molecule has 2 aromatic heterocycles. The Hall–Kier alpha value is -3.16. The van der Waals surface area contributed by atoms with Crippen molar-refractivity contribution in [1.82, 2.24) is 24.8 Å². The zero-order valence-corrected chi connectivity index (χ0v) is 16.3. The van der Waals surface area contributed by atoms with Crippen molar-refractivity contribution in [1.29, 1.82) is 0 Å². The maximum absolute atomic E-state index is 12.7. The lowest BCUT2D eigenvalue weighted by atomic mass is 10.2. The van der Waals surface area contributed by atoms with Gasteiger partial charge in [0, 0.05) is 46.4 Å². The Morgan fingerprint density at radius 1 is 1.22 bits per heavy atom. The number of anilines is 1. The van der Waals surface area contributed by atoms with E-state index in [-0.39, 0.29) is 5.91 Å². The van der Waals surface area contributed by atoms with Gasteiger partial charge in [-0.05, 0) is 19.1 Å². The lowest BCUT2D eigenvalue weighted by molar-refractivity contribution is 0.0794. The van der Waals surface area contributed by atoms with E-state index >= 15 is 0 Å². The van der Waals surface area contributed by atoms with E-state index in [0.29, 0.717) is 30.2 Å². The molecule has 8 nitrogen and oxygen atoms in total. The SMILES string of the molecule is COc1ccc2nc(CCN(C)C(=O)c3cnc(N(C)C)nc3C)[nH]c2c1. The average Bonchev–Trinajstić information content (AvgIpc) is 3.07. The maximum Gasteiger partial charge on any atom is 0.257 e. The average molecular weight is 368 g/mol. The number of rotatable bonds is 6. The van der Waals surface area contributed by atoms with Crippen LogP contribution in [0, 0.1) is 6.92 Å². The molecule has 27 heavy (non-hydrogen) atoms. The molecule has 0 aliphatic rings. The standard InChI is InChI=1S/C19H24N6O2/c1-12-14(11-20-19(21-12)24(2)3)18(26)25(4)9-8-17-22-15-7-6-13(27-5)10-16(15)23-17/h6-7,10-11H,8-9H2,1-5H3,(H,22,23). The summed E-state index contributed by atoms with van der Waals surface area (Å²) in [6.45, 7) is 2.35. The van der Waals surface area contributed by atoms with Gasteiger partial charge >= 0.3 is 0 Å². The molecule has 0 atom stereocenters. The molecule has 0 unspecified atom stereocenters. The summed E-state index contributed by atoms with van der Waals surface area (Å²) in [4.78, 5) is 32.6. The number of hydrogen-bond donors (Lipinski definition) is 1. The van der Waals surface area contributed by atoms with Gasteiger partial charge in [0.2, 0.25) is 5.95 Å². The fraction of sp³-hybridized carbons (Fsp3) is 0.368. The molecule has 0 fully saturated rings. The van der Waals surface area contributed by atoms with Crippen LogP contribution in [0.15, 0.2) is 24.4 Å². The normalized spacial score (nSPS) is 10.9. The fourth-order valence-electron chi connectivity index (χ4n) is 2.75. The van der Waals surface area contributed by atoms with Crippen molar-refractivity contribution in [2.45, 2.75) is 13.3 Å². The first-order valence-electron chi connectivity index (χ1n) is 8.68. The highest BCUT2D eigenvalue weighted by molar-refractivity contribution is 5.94. The van der Waals surface area contributed by atoms with Crippen molar-refractivity contribution in [3.8, 4) is 5.75 Å². The first-order chi connectivity index (χ1) is 12.9. The summed E-state index contributed by atoms with van der Waals surface area (Å²) in [6.07, 6.45) is 2.21. The van der Waals surface area contributed by atoms with Crippen LogP contribution in [0.5, 0.6) is 5.75 Å². The zero-order chi connectivity index (χ0) is 19.6. The Labute approximate surface area is 158 Å². The number of hydrogen-bond acceptors (Lipinski definition) is 6. The summed E-state index contributed by atoms with van der Waals surface area (Å²) in [5, 5.41) is 0. The Kier molecular flexibility index (Phi) is 5.25. The first kappa shape index (κ1) is 18.6. The van der Waals surface area contributed by atoms with Gasteiger partial charge in [-0.2, -0.15) is 0 Å². The van der Waals surface area contributed by atoms with Gasteiger partial charge in [-0.1, -0.05) is 0 Å². The molecule has 0 aliphatic carbocycles. The second kappa shape index (κ2) is 7.61. The number of aromatic amines is 1. The van der Waals surface area contributed by atoms with Gasteiger partial charge in [-0.3, -0.25) is 4.79 Å². The van der Waals surface area contributed by atoms with Crippen LogP contribution in [-0.2, 0) is 6.42 Å². The number of fused-ring (bicyclic) bond motifs is 1. The Balaban J connectivity index is 1.68. The second-order valence-electron chi connectivity index (χ2n) is 6.61. The number of aryl methyl sites for hydroxylation is 1. The fourth-order valence-corrected chi connectivity index (χ4v) is 2.75. The third kappa shape index (κ3) is 3.99. The minimum Gasteiger partial charge on any atom is -0.497 e. The molecule has 3 aromatic rings. The van der Waals surface area contributed by atoms with E-state index in [4.69, 9.17) is 4.74 Å². The van der Waals surface area contributed by atoms with Crippen LogP contribution >= 0.6 is 0 Å². The highest BCUT2D eigenvalue weighted by atomic mass is 16.5. The van der Waals surface area contributed by atoms with E-state index < -0.39 is 0 Å². The molecule has 2 heterocycles. The minimum atomic E-state index is -0.101. The number of imidazole rings is 1. The third-order valence-corrected chi connectivity index (χ3v) is 4.37. The van der Waals surface area contributed by atoms with Gasteiger partial charge in [0.25, 0.3) is 5.91 Å². The van der Waals surface area contributed by atoms with Crippen LogP contribution in [0.3, 0.4) is 0 Å². The van der Waals surface area contributed by atoms with Crippen molar-refractivity contribution in [2.24, 2.45) is 0 Å². The molecule has 0 radical (unpaired) electrons. The van der Waals surface area contributed by atoms with Gasteiger partial charge in [0.15, 0.2) is 0 Å². The number of carbonyl (C=O) groups excluding carboxylic acids is 1. The zero-order valence-electron chi connectivity index (χ0n) is 16.3. The van der Waals surface area contributed by atoms with Crippen molar-refractivity contribution in [2.75, 3.05) is 39.7 Å².